The SMILES string of the molecule is c1coc(-c2cc(CNC3CCN(c4ccc5c(c4)CCC5)CC3)no2)c1. The third-order valence-electron chi connectivity index (χ3n) is 5.84. The first-order valence-electron chi connectivity index (χ1n) is 9.95. The van der Waals surface area contributed by atoms with Crippen molar-refractivity contribution >= 4 is 5.69 Å². The second-order valence-corrected chi connectivity index (χ2v) is 7.61. The Kier molecular flexibility index (Phi) is 4.46. The van der Waals surface area contributed by atoms with Crippen LogP contribution in [0.5, 0.6) is 0 Å². The van der Waals surface area contributed by atoms with Gasteiger partial charge >= 0.3 is 0 Å². The summed E-state index contributed by atoms with van der Waals surface area (Å²) in [6, 6.07) is 13.3. The smallest absolute Gasteiger partial charge is 0.202 e. The predicted molar refractivity (Wildman–Crippen MR) is 105 cm³/mol. The number of anilines is 1. The van der Waals surface area contributed by atoms with E-state index >= 15 is 0 Å². The molecule has 3 aromatic rings. The Bertz CT molecular complexity index is 892. The summed E-state index contributed by atoms with van der Waals surface area (Å²) in [5.41, 5.74) is 5.43. The van der Waals surface area contributed by atoms with Crippen LogP contribution in [0.2, 0.25) is 0 Å². The fraction of sp³-hybridized carbons (Fsp3) is 0.409. The molecule has 0 bridgehead atoms. The van der Waals surface area contributed by atoms with Crippen molar-refractivity contribution in [2.45, 2.75) is 44.7 Å². The average Bonchev–Trinajstić information content (AvgIpc) is 3.47. The van der Waals surface area contributed by atoms with Crippen molar-refractivity contribution in [3.05, 3.63) is 59.5 Å². The zero-order chi connectivity index (χ0) is 18.1. The number of furan rings is 1. The van der Waals surface area contributed by atoms with Crippen molar-refractivity contribution < 1.29 is 8.94 Å². The van der Waals surface area contributed by atoms with Gasteiger partial charge < -0.3 is 19.2 Å². The van der Waals surface area contributed by atoms with Gasteiger partial charge in [-0.05, 0) is 67.5 Å². The standard InChI is InChI=1S/C22H25N3O2/c1-3-16-6-7-20(13-17(16)4-1)25-10-8-18(9-11-25)23-15-19-14-22(27-24-19)21-5-2-12-26-21/h2,5-7,12-14,18,23H,1,3-4,8-11,15H2. The number of piperidine rings is 1. The quantitative estimate of drug-likeness (QED) is 0.737. The zero-order valence-electron chi connectivity index (χ0n) is 15.5. The van der Waals surface area contributed by atoms with E-state index in [4.69, 9.17) is 8.94 Å². The van der Waals surface area contributed by atoms with Crippen molar-refractivity contribution in [2.75, 3.05) is 18.0 Å². The van der Waals surface area contributed by atoms with Gasteiger partial charge in [0.1, 0.15) is 0 Å². The number of benzene rings is 1. The van der Waals surface area contributed by atoms with E-state index in [0.717, 1.165) is 43.9 Å². The predicted octanol–water partition coefficient (Wildman–Crippen LogP) is 4.18. The molecule has 5 rings (SSSR count). The van der Waals surface area contributed by atoms with Crippen molar-refractivity contribution in [1.29, 1.82) is 0 Å². The summed E-state index contributed by atoms with van der Waals surface area (Å²) in [6.07, 6.45) is 7.77. The van der Waals surface area contributed by atoms with Crippen LogP contribution in [0, 0.1) is 0 Å². The number of fused-ring (bicyclic) bond motifs is 1. The number of rotatable bonds is 5. The molecule has 27 heavy (non-hydrogen) atoms. The molecule has 0 spiro atoms. The summed E-state index contributed by atoms with van der Waals surface area (Å²) in [7, 11) is 0. The van der Waals surface area contributed by atoms with E-state index < -0.39 is 0 Å². The Morgan fingerprint density at radius 1 is 1.04 bits per heavy atom. The molecular weight excluding hydrogens is 338 g/mol. The van der Waals surface area contributed by atoms with Gasteiger partial charge in [-0.3, -0.25) is 0 Å². The minimum Gasteiger partial charge on any atom is -0.461 e. The van der Waals surface area contributed by atoms with Gasteiger partial charge in [0.05, 0.1) is 12.0 Å². The number of aryl methyl sites for hydroxylation is 2. The number of aromatic nitrogens is 1. The Labute approximate surface area is 159 Å². The number of hydrogen-bond donors (Lipinski definition) is 1. The maximum absolute atomic E-state index is 5.37. The van der Waals surface area contributed by atoms with Crippen molar-refractivity contribution in [1.82, 2.24) is 10.5 Å². The molecule has 0 amide bonds. The van der Waals surface area contributed by atoms with Crippen molar-refractivity contribution in [2.24, 2.45) is 0 Å². The average molecular weight is 363 g/mol. The summed E-state index contributed by atoms with van der Waals surface area (Å²) in [5.74, 6) is 1.40. The summed E-state index contributed by atoms with van der Waals surface area (Å²) >= 11 is 0. The highest BCUT2D eigenvalue weighted by molar-refractivity contribution is 5.52. The van der Waals surface area contributed by atoms with Gasteiger partial charge in [-0.25, -0.2) is 0 Å². The second-order valence-electron chi connectivity index (χ2n) is 7.61. The molecule has 2 aliphatic rings. The second kappa shape index (κ2) is 7.24. The van der Waals surface area contributed by atoms with Gasteiger partial charge in [-0.2, -0.15) is 0 Å². The van der Waals surface area contributed by atoms with Gasteiger partial charge in [0.2, 0.25) is 5.76 Å². The molecule has 5 nitrogen and oxygen atoms in total. The van der Waals surface area contributed by atoms with Gasteiger partial charge in [-0.1, -0.05) is 11.2 Å². The molecule has 0 atom stereocenters. The minimum absolute atomic E-state index is 0.527. The Hall–Kier alpha value is -2.53. The molecule has 0 unspecified atom stereocenters. The fourth-order valence-electron chi connectivity index (χ4n) is 4.28. The Morgan fingerprint density at radius 3 is 2.78 bits per heavy atom. The normalized spacial score (nSPS) is 17.4. The highest BCUT2D eigenvalue weighted by Crippen LogP contribution is 2.28. The first-order valence-corrected chi connectivity index (χ1v) is 9.95. The van der Waals surface area contributed by atoms with Crippen LogP contribution in [0.15, 0.2) is 51.6 Å². The molecule has 140 valence electrons. The number of nitrogens with zero attached hydrogens (tertiary/aromatic N) is 2. The van der Waals surface area contributed by atoms with E-state index in [1.807, 2.05) is 18.2 Å². The van der Waals surface area contributed by atoms with Gasteiger partial charge in [0, 0.05) is 37.4 Å². The lowest BCUT2D eigenvalue weighted by atomic mass is 10.0. The Morgan fingerprint density at radius 2 is 1.93 bits per heavy atom. The van der Waals surface area contributed by atoms with Crippen LogP contribution in [0.3, 0.4) is 0 Å². The van der Waals surface area contributed by atoms with Crippen LogP contribution in [-0.4, -0.2) is 24.3 Å². The lowest BCUT2D eigenvalue weighted by Gasteiger charge is -2.34. The molecular formula is C22H25N3O2. The van der Waals surface area contributed by atoms with E-state index in [2.05, 4.69) is 33.6 Å². The van der Waals surface area contributed by atoms with Crippen LogP contribution < -0.4 is 10.2 Å². The molecule has 2 aromatic heterocycles. The third kappa shape index (κ3) is 3.52. The largest absolute Gasteiger partial charge is 0.461 e. The molecule has 1 N–H and O–H groups in total. The van der Waals surface area contributed by atoms with E-state index in [1.54, 1.807) is 17.4 Å². The molecule has 3 heterocycles. The molecule has 1 aliphatic heterocycles. The van der Waals surface area contributed by atoms with Gasteiger partial charge in [-0.15, -0.1) is 0 Å². The molecule has 1 saturated heterocycles. The summed E-state index contributed by atoms with van der Waals surface area (Å²) in [5, 5.41) is 7.77. The number of nitrogens with one attached hydrogen (secondary N) is 1. The van der Waals surface area contributed by atoms with Crippen LogP contribution in [-0.2, 0) is 19.4 Å². The molecule has 0 saturated carbocycles. The highest BCUT2D eigenvalue weighted by Gasteiger charge is 2.21. The van der Waals surface area contributed by atoms with Crippen LogP contribution in [0.25, 0.3) is 11.5 Å². The van der Waals surface area contributed by atoms with Crippen LogP contribution >= 0.6 is 0 Å². The van der Waals surface area contributed by atoms with Crippen molar-refractivity contribution in [3.8, 4) is 11.5 Å². The fourth-order valence-corrected chi connectivity index (χ4v) is 4.28. The third-order valence-corrected chi connectivity index (χ3v) is 5.84. The van der Waals surface area contributed by atoms with Crippen LogP contribution in [0.1, 0.15) is 36.1 Å². The van der Waals surface area contributed by atoms with E-state index in [-0.39, 0.29) is 0 Å². The maximum atomic E-state index is 5.37. The summed E-state index contributed by atoms with van der Waals surface area (Å²) in [4.78, 5) is 2.53. The monoisotopic (exact) mass is 363 g/mol. The van der Waals surface area contributed by atoms with E-state index in [0.29, 0.717) is 11.8 Å². The molecule has 0 radical (unpaired) electrons. The zero-order valence-corrected chi connectivity index (χ0v) is 15.5. The lowest BCUT2D eigenvalue weighted by Crippen LogP contribution is -2.42. The van der Waals surface area contributed by atoms with E-state index in [9.17, 15) is 0 Å². The first-order chi connectivity index (χ1) is 13.3. The van der Waals surface area contributed by atoms with Gasteiger partial charge in [0.15, 0.2) is 5.76 Å². The highest BCUT2D eigenvalue weighted by atomic mass is 16.5. The van der Waals surface area contributed by atoms with Crippen molar-refractivity contribution in [3.63, 3.8) is 0 Å². The number of hydrogen-bond acceptors (Lipinski definition) is 5. The minimum atomic E-state index is 0.527. The molecule has 1 aromatic carbocycles. The maximum Gasteiger partial charge on any atom is 0.202 e. The molecule has 1 fully saturated rings. The van der Waals surface area contributed by atoms with Crippen LogP contribution in [0.4, 0.5) is 5.69 Å². The lowest BCUT2D eigenvalue weighted by molar-refractivity contribution is 0.387. The Balaban J connectivity index is 1.13. The molecule has 1 aliphatic carbocycles. The van der Waals surface area contributed by atoms with Gasteiger partial charge in [0.25, 0.3) is 0 Å². The summed E-state index contributed by atoms with van der Waals surface area (Å²) < 4.78 is 10.7. The summed E-state index contributed by atoms with van der Waals surface area (Å²) in [6.45, 7) is 2.94. The molecule has 5 heteroatoms. The van der Waals surface area contributed by atoms with E-state index in [1.165, 1.54) is 24.9 Å². The topological polar surface area (TPSA) is 54.4 Å². The first kappa shape index (κ1) is 16.6.